The van der Waals surface area contributed by atoms with E-state index in [2.05, 4.69) is 30.3 Å². The van der Waals surface area contributed by atoms with Crippen molar-refractivity contribution in [3.63, 3.8) is 0 Å². The summed E-state index contributed by atoms with van der Waals surface area (Å²) < 4.78 is 5.26. The first-order valence-corrected chi connectivity index (χ1v) is 8.09. The van der Waals surface area contributed by atoms with Crippen molar-refractivity contribution in [2.24, 2.45) is 11.3 Å². The number of carbonyl (C=O) groups excluding carboxylic acids is 2. The smallest absolute Gasteiger partial charge is 0.228 e. The molecule has 0 bridgehead atoms. The number of benzene rings is 1. The van der Waals surface area contributed by atoms with E-state index in [-0.39, 0.29) is 35.3 Å². The maximum atomic E-state index is 12.8. The van der Waals surface area contributed by atoms with Gasteiger partial charge in [0, 0.05) is 6.42 Å². The zero-order valence-corrected chi connectivity index (χ0v) is 14.0. The van der Waals surface area contributed by atoms with Gasteiger partial charge in [0.2, 0.25) is 5.91 Å². The average Bonchev–Trinajstić information content (AvgIpc) is 2.80. The van der Waals surface area contributed by atoms with E-state index in [0.717, 1.165) is 12.0 Å². The summed E-state index contributed by atoms with van der Waals surface area (Å²) in [6.07, 6.45) is 8.05. The molecule has 0 radical (unpaired) electrons. The van der Waals surface area contributed by atoms with Crippen molar-refractivity contribution < 1.29 is 14.3 Å². The first-order valence-electron chi connectivity index (χ1n) is 8.09. The highest BCUT2D eigenvalue weighted by atomic mass is 16.5. The molecule has 0 heterocycles. The number of Topliss-reactive ketones (excluding diaryl/α,β-unsaturated/α-hetero) is 1. The Morgan fingerprint density at radius 1 is 1.46 bits per heavy atom. The van der Waals surface area contributed by atoms with Crippen LogP contribution in [0.1, 0.15) is 30.4 Å². The van der Waals surface area contributed by atoms with E-state index in [9.17, 15) is 9.59 Å². The third-order valence-corrected chi connectivity index (χ3v) is 5.36. The quantitative estimate of drug-likeness (QED) is 0.868. The van der Waals surface area contributed by atoms with Crippen LogP contribution >= 0.6 is 0 Å². The maximum absolute atomic E-state index is 12.8. The predicted molar refractivity (Wildman–Crippen MR) is 91.0 cm³/mol. The van der Waals surface area contributed by atoms with Gasteiger partial charge < -0.3 is 10.1 Å². The molecule has 1 N–H and O–H groups in total. The molecular weight excluding hydrogens is 302 g/mol. The van der Waals surface area contributed by atoms with Crippen LogP contribution in [-0.2, 0) is 20.7 Å². The van der Waals surface area contributed by atoms with E-state index >= 15 is 0 Å². The van der Waals surface area contributed by atoms with Crippen molar-refractivity contribution in [1.29, 1.82) is 0 Å². The number of hydrogen-bond acceptors (Lipinski definition) is 3. The molecule has 3 atom stereocenters. The number of carbonyl (C=O) groups is 2. The lowest BCUT2D eigenvalue weighted by molar-refractivity contribution is -0.127. The first kappa shape index (κ1) is 16.3. The fraction of sp³-hybridized carbons (Fsp3) is 0.400. The molecule has 2 aliphatic rings. The van der Waals surface area contributed by atoms with Gasteiger partial charge in [-0.2, -0.15) is 0 Å². The molecule has 2 aliphatic carbocycles. The number of hydrogen-bond donors (Lipinski definition) is 1. The molecule has 1 aromatic rings. The van der Waals surface area contributed by atoms with Crippen molar-refractivity contribution >= 4 is 11.7 Å². The van der Waals surface area contributed by atoms with Crippen molar-refractivity contribution in [3.05, 3.63) is 47.2 Å². The molecule has 0 aromatic heterocycles. The number of terminal acetylenes is 1. The second-order valence-corrected chi connectivity index (χ2v) is 6.70. The molecule has 0 spiro atoms. The molecule has 24 heavy (non-hydrogen) atoms. The van der Waals surface area contributed by atoms with E-state index in [1.807, 2.05) is 12.1 Å². The zero-order valence-electron chi connectivity index (χ0n) is 14.0. The second-order valence-electron chi connectivity index (χ2n) is 6.70. The van der Waals surface area contributed by atoms with Crippen LogP contribution in [0, 0.1) is 23.7 Å². The van der Waals surface area contributed by atoms with Gasteiger partial charge in [0.25, 0.3) is 0 Å². The van der Waals surface area contributed by atoms with Gasteiger partial charge in [-0.25, -0.2) is 0 Å². The fourth-order valence-corrected chi connectivity index (χ4v) is 4.12. The van der Waals surface area contributed by atoms with Gasteiger partial charge in [-0.1, -0.05) is 37.1 Å². The highest BCUT2D eigenvalue weighted by Gasteiger charge is 2.52. The molecule has 0 saturated heterocycles. The van der Waals surface area contributed by atoms with Crippen LogP contribution in [0.4, 0.5) is 0 Å². The Balaban J connectivity index is 2.07. The molecule has 1 aromatic carbocycles. The van der Waals surface area contributed by atoms with Crippen molar-refractivity contribution in [1.82, 2.24) is 5.32 Å². The van der Waals surface area contributed by atoms with E-state index in [4.69, 9.17) is 11.2 Å². The molecule has 1 unspecified atom stereocenters. The third kappa shape index (κ3) is 2.50. The lowest BCUT2D eigenvalue weighted by atomic mass is 9.67. The summed E-state index contributed by atoms with van der Waals surface area (Å²) in [5, 5.41) is 2.77. The summed E-state index contributed by atoms with van der Waals surface area (Å²) in [4.78, 5) is 25.3. The van der Waals surface area contributed by atoms with Crippen molar-refractivity contribution in [3.8, 4) is 12.3 Å². The van der Waals surface area contributed by atoms with Crippen LogP contribution in [-0.4, -0.2) is 25.3 Å². The molecule has 4 nitrogen and oxygen atoms in total. The summed E-state index contributed by atoms with van der Waals surface area (Å²) in [7, 11) is 1.47. The Morgan fingerprint density at radius 3 is 2.92 bits per heavy atom. The van der Waals surface area contributed by atoms with E-state index < -0.39 is 5.92 Å². The number of nitrogens with one attached hydrogen (secondary N) is 1. The third-order valence-electron chi connectivity index (χ3n) is 5.36. The molecule has 3 rings (SSSR count). The minimum Gasteiger partial charge on any atom is -0.493 e. The summed E-state index contributed by atoms with van der Waals surface area (Å²) >= 11 is 0. The summed E-state index contributed by atoms with van der Waals surface area (Å²) in [5.74, 6) is 2.00. The van der Waals surface area contributed by atoms with Crippen LogP contribution in [0.5, 0.6) is 0 Å². The number of methoxy groups -OCH3 is 1. The zero-order chi connectivity index (χ0) is 17.3. The fourth-order valence-electron chi connectivity index (χ4n) is 4.12. The molecule has 0 saturated carbocycles. The normalized spacial score (nSPS) is 28.0. The predicted octanol–water partition coefficient (Wildman–Crippen LogP) is 2.20. The van der Waals surface area contributed by atoms with Gasteiger partial charge in [0.05, 0.1) is 19.6 Å². The van der Waals surface area contributed by atoms with Gasteiger partial charge in [0.15, 0.2) is 11.5 Å². The number of ether oxygens (including phenoxy) is 1. The standard InChI is InChI=1S/C20H21NO3/c1-4-9-21-19(23)16-11-18(24-3)17(22)10-15-14-8-6-5-7-13(14)12-20(15,16)2/h1,5-8,11,15-16H,9-10,12H2,2-3H3,(H,21,23)/t15-,16-,20?/m1/s1. The monoisotopic (exact) mass is 323 g/mol. The lowest BCUT2D eigenvalue weighted by Crippen LogP contribution is -2.41. The Labute approximate surface area is 142 Å². The van der Waals surface area contributed by atoms with Crippen molar-refractivity contribution in [2.75, 3.05) is 13.7 Å². The molecule has 0 aliphatic heterocycles. The molecule has 0 fully saturated rings. The SMILES string of the molecule is C#CCNC(=O)[C@H]1C=C(OC)C(=O)C[C@@H]2c3ccccc3CC12C. The number of allylic oxidation sites excluding steroid dienone is 1. The summed E-state index contributed by atoms with van der Waals surface area (Å²) in [5.41, 5.74) is 1.99. The van der Waals surface area contributed by atoms with E-state index in [0.29, 0.717) is 6.42 Å². The van der Waals surface area contributed by atoms with Crippen LogP contribution in [0.25, 0.3) is 0 Å². The summed E-state index contributed by atoms with van der Waals surface area (Å²) in [6.45, 7) is 2.26. The summed E-state index contributed by atoms with van der Waals surface area (Å²) in [6, 6.07) is 8.13. The minimum atomic E-state index is -0.468. The van der Waals surface area contributed by atoms with Gasteiger partial charge >= 0.3 is 0 Å². The van der Waals surface area contributed by atoms with Gasteiger partial charge in [-0.3, -0.25) is 9.59 Å². The molecular formula is C20H21NO3. The van der Waals surface area contributed by atoms with Crippen LogP contribution in [0.2, 0.25) is 0 Å². The Hall–Kier alpha value is -2.54. The second kappa shape index (κ2) is 6.16. The van der Waals surface area contributed by atoms with Crippen LogP contribution < -0.4 is 5.32 Å². The highest BCUT2D eigenvalue weighted by molar-refractivity contribution is 5.96. The van der Waals surface area contributed by atoms with Gasteiger partial charge in [0.1, 0.15) is 0 Å². The average molecular weight is 323 g/mol. The Morgan fingerprint density at radius 2 is 2.21 bits per heavy atom. The lowest BCUT2D eigenvalue weighted by Gasteiger charge is -2.35. The largest absolute Gasteiger partial charge is 0.493 e. The van der Waals surface area contributed by atoms with Crippen molar-refractivity contribution in [2.45, 2.75) is 25.7 Å². The van der Waals surface area contributed by atoms with E-state index in [1.165, 1.54) is 12.7 Å². The molecule has 4 heteroatoms. The number of fused-ring (bicyclic) bond motifs is 3. The number of ketones is 1. The maximum Gasteiger partial charge on any atom is 0.228 e. The van der Waals surface area contributed by atoms with Crippen LogP contribution in [0.15, 0.2) is 36.1 Å². The first-order chi connectivity index (χ1) is 11.5. The number of amides is 1. The van der Waals surface area contributed by atoms with Crippen LogP contribution in [0.3, 0.4) is 0 Å². The van der Waals surface area contributed by atoms with Gasteiger partial charge in [-0.15, -0.1) is 6.42 Å². The Kier molecular flexibility index (Phi) is 4.19. The molecule has 1 amide bonds. The molecule has 124 valence electrons. The van der Waals surface area contributed by atoms with Gasteiger partial charge in [-0.05, 0) is 35.0 Å². The number of rotatable bonds is 3. The Bertz CT molecular complexity index is 758. The highest BCUT2D eigenvalue weighted by Crippen LogP contribution is 2.55. The minimum absolute atomic E-state index is 0.00770. The van der Waals surface area contributed by atoms with E-state index in [1.54, 1.807) is 6.08 Å². The topological polar surface area (TPSA) is 55.4 Å².